The van der Waals surface area contributed by atoms with Gasteiger partial charge in [0.25, 0.3) is 0 Å². The van der Waals surface area contributed by atoms with Gasteiger partial charge in [-0.05, 0) is 17.9 Å². The van der Waals surface area contributed by atoms with Crippen molar-refractivity contribution in [1.29, 1.82) is 0 Å². The summed E-state index contributed by atoms with van der Waals surface area (Å²) in [5, 5.41) is 1.24. The van der Waals surface area contributed by atoms with Crippen LogP contribution in [-0.2, 0) is 23.0 Å². The van der Waals surface area contributed by atoms with Gasteiger partial charge in [-0.15, -0.1) is 0 Å². The Bertz CT molecular complexity index is 598. The number of aryl methyl sites for hydroxylation is 1. The molecule has 0 fully saturated rings. The largest absolute Gasteiger partial charge is 0.469 e. The number of nitrogens with zero attached hydrogens (tertiary/aromatic N) is 2. The number of carbonyl (C=O) groups excluding carboxylic acids is 1. The van der Waals surface area contributed by atoms with Crippen LogP contribution in [0.5, 0.6) is 0 Å². The minimum atomic E-state index is -0.161. The first kappa shape index (κ1) is 16.6. The SMILES string of the molecule is COC(=O)C[C@H](C)[C@H](Cc1ccccc1)Sc1nccn1C. The van der Waals surface area contributed by atoms with Gasteiger partial charge in [-0.25, -0.2) is 4.98 Å². The van der Waals surface area contributed by atoms with Crippen LogP contribution < -0.4 is 0 Å². The number of methoxy groups -OCH3 is 1. The molecule has 1 aromatic carbocycles. The predicted molar refractivity (Wildman–Crippen MR) is 88.8 cm³/mol. The molecule has 2 rings (SSSR count). The van der Waals surface area contributed by atoms with E-state index in [1.165, 1.54) is 12.7 Å². The van der Waals surface area contributed by atoms with Crippen LogP contribution in [0.4, 0.5) is 0 Å². The highest BCUT2D eigenvalue weighted by Crippen LogP contribution is 2.31. The summed E-state index contributed by atoms with van der Waals surface area (Å²) in [4.78, 5) is 16.0. The number of hydrogen-bond donors (Lipinski definition) is 0. The second-order valence-electron chi connectivity index (χ2n) is 5.42. The van der Waals surface area contributed by atoms with Crippen molar-refractivity contribution in [2.24, 2.45) is 13.0 Å². The van der Waals surface area contributed by atoms with Gasteiger partial charge >= 0.3 is 5.97 Å². The van der Waals surface area contributed by atoms with Gasteiger partial charge in [0, 0.05) is 31.1 Å². The molecular weight excluding hydrogens is 296 g/mol. The monoisotopic (exact) mass is 318 g/mol. The smallest absolute Gasteiger partial charge is 0.305 e. The molecule has 0 aliphatic heterocycles. The summed E-state index contributed by atoms with van der Waals surface area (Å²) in [6.45, 7) is 2.10. The lowest BCUT2D eigenvalue weighted by atomic mass is 9.97. The van der Waals surface area contributed by atoms with Crippen LogP contribution in [0.25, 0.3) is 0 Å². The van der Waals surface area contributed by atoms with Crippen LogP contribution in [0, 0.1) is 5.92 Å². The zero-order chi connectivity index (χ0) is 15.9. The quantitative estimate of drug-likeness (QED) is 0.580. The molecule has 0 amide bonds. The highest BCUT2D eigenvalue weighted by atomic mass is 32.2. The van der Waals surface area contributed by atoms with Crippen molar-refractivity contribution in [3.05, 3.63) is 48.3 Å². The Kier molecular flexibility index (Phi) is 6.07. The van der Waals surface area contributed by atoms with E-state index >= 15 is 0 Å². The number of hydrogen-bond acceptors (Lipinski definition) is 4. The van der Waals surface area contributed by atoms with Crippen LogP contribution in [0.3, 0.4) is 0 Å². The Labute approximate surface area is 135 Å². The number of esters is 1. The second kappa shape index (κ2) is 8.03. The van der Waals surface area contributed by atoms with Gasteiger partial charge in [-0.3, -0.25) is 4.79 Å². The number of carbonyl (C=O) groups is 1. The Morgan fingerprint density at radius 3 is 2.68 bits per heavy atom. The molecule has 0 radical (unpaired) electrons. The van der Waals surface area contributed by atoms with E-state index in [-0.39, 0.29) is 17.1 Å². The maximum absolute atomic E-state index is 11.6. The summed E-state index contributed by atoms with van der Waals surface area (Å²) in [6, 6.07) is 10.3. The third-order valence-corrected chi connectivity index (χ3v) is 5.20. The summed E-state index contributed by atoms with van der Waals surface area (Å²) >= 11 is 1.72. The molecule has 0 unspecified atom stereocenters. The maximum atomic E-state index is 11.6. The molecule has 2 aromatic rings. The predicted octanol–water partition coefficient (Wildman–Crippen LogP) is 3.32. The van der Waals surface area contributed by atoms with Gasteiger partial charge in [0.2, 0.25) is 0 Å². The maximum Gasteiger partial charge on any atom is 0.305 e. The van der Waals surface area contributed by atoms with Crippen molar-refractivity contribution in [2.75, 3.05) is 7.11 Å². The summed E-state index contributed by atoms with van der Waals surface area (Å²) < 4.78 is 6.82. The summed E-state index contributed by atoms with van der Waals surface area (Å²) in [5.74, 6) is 0.0420. The van der Waals surface area contributed by atoms with E-state index in [2.05, 4.69) is 24.0 Å². The zero-order valence-electron chi connectivity index (χ0n) is 13.2. The molecule has 0 aliphatic carbocycles. The van der Waals surface area contributed by atoms with Crippen LogP contribution in [-0.4, -0.2) is 27.9 Å². The Morgan fingerprint density at radius 1 is 1.36 bits per heavy atom. The number of rotatable bonds is 7. The molecule has 0 N–H and O–H groups in total. The molecule has 22 heavy (non-hydrogen) atoms. The number of aromatic nitrogens is 2. The molecule has 0 bridgehead atoms. The first-order chi connectivity index (χ1) is 10.6. The Balaban J connectivity index is 2.12. The van der Waals surface area contributed by atoms with E-state index in [9.17, 15) is 4.79 Å². The molecule has 0 saturated heterocycles. The number of imidazole rings is 1. The van der Waals surface area contributed by atoms with Crippen LogP contribution in [0.15, 0.2) is 47.9 Å². The van der Waals surface area contributed by atoms with E-state index in [0.29, 0.717) is 6.42 Å². The van der Waals surface area contributed by atoms with Gasteiger partial charge < -0.3 is 9.30 Å². The topological polar surface area (TPSA) is 44.1 Å². The molecule has 118 valence electrons. The third kappa shape index (κ3) is 4.63. The second-order valence-corrected chi connectivity index (χ2v) is 6.63. The fourth-order valence-corrected chi connectivity index (χ4v) is 3.51. The molecule has 1 heterocycles. The Hall–Kier alpha value is -1.75. The zero-order valence-corrected chi connectivity index (χ0v) is 14.0. The average Bonchev–Trinajstić information content (AvgIpc) is 2.92. The van der Waals surface area contributed by atoms with Gasteiger partial charge in [0.1, 0.15) is 0 Å². The lowest BCUT2D eigenvalue weighted by Gasteiger charge is -2.22. The van der Waals surface area contributed by atoms with Crippen molar-refractivity contribution in [1.82, 2.24) is 9.55 Å². The van der Waals surface area contributed by atoms with E-state index in [1.54, 1.807) is 18.0 Å². The molecule has 0 saturated carbocycles. The summed E-state index contributed by atoms with van der Waals surface area (Å²) in [5.41, 5.74) is 1.27. The van der Waals surface area contributed by atoms with E-state index in [0.717, 1.165) is 11.6 Å². The number of ether oxygens (including phenoxy) is 1. The van der Waals surface area contributed by atoms with Gasteiger partial charge in [-0.2, -0.15) is 0 Å². The standard InChI is InChI=1S/C17H22N2O2S/c1-13(11-16(20)21-3)15(12-14-7-5-4-6-8-14)22-17-18-9-10-19(17)2/h4-10,13,15H,11-12H2,1-3H3/t13-,15-/m0/s1. The molecule has 4 nitrogen and oxygen atoms in total. The van der Waals surface area contributed by atoms with Gasteiger partial charge in [0.05, 0.1) is 7.11 Å². The minimum absolute atomic E-state index is 0.161. The van der Waals surface area contributed by atoms with Crippen molar-refractivity contribution in [2.45, 2.75) is 30.2 Å². The molecule has 2 atom stereocenters. The lowest BCUT2D eigenvalue weighted by molar-refractivity contribution is -0.141. The van der Waals surface area contributed by atoms with Gasteiger partial charge in [0.15, 0.2) is 5.16 Å². The minimum Gasteiger partial charge on any atom is -0.469 e. The highest BCUT2D eigenvalue weighted by Gasteiger charge is 2.23. The van der Waals surface area contributed by atoms with E-state index in [4.69, 9.17) is 4.74 Å². The molecule has 5 heteroatoms. The molecular formula is C17H22N2O2S. The fourth-order valence-electron chi connectivity index (χ4n) is 2.28. The van der Waals surface area contributed by atoms with Crippen molar-refractivity contribution in [3.8, 4) is 0 Å². The summed E-state index contributed by atoms with van der Waals surface area (Å²) in [6.07, 6.45) is 5.06. The van der Waals surface area contributed by atoms with Crippen molar-refractivity contribution < 1.29 is 9.53 Å². The first-order valence-corrected chi connectivity index (χ1v) is 8.23. The van der Waals surface area contributed by atoms with Crippen LogP contribution in [0.1, 0.15) is 18.9 Å². The lowest BCUT2D eigenvalue weighted by Crippen LogP contribution is -2.21. The molecule has 1 aromatic heterocycles. The van der Waals surface area contributed by atoms with E-state index in [1.807, 2.05) is 36.0 Å². The van der Waals surface area contributed by atoms with Crippen molar-refractivity contribution >= 4 is 17.7 Å². The highest BCUT2D eigenvalue weighted by molar-refractivity contribution is 7.99. The normalized spacial score (nSPS) is 13.6. The van der Waals surface area contributed by atoms with Crippen LogP contribution >= 0.6 is 11.8 Å². The summed E-state index contributed by atoms with van der Waals surface area (Å²) in [7, 11) is 3.42. The molecule has 0 aliphatic rings. The van der Waals surface area contributed by atoms with E-state index < -0.39 is 0 Å². The van der Waals surface area contributed by atoms with Crippen molar-refractivity contribution in [3.63, 3.8) is 0 Å². The van der Waals surface area contributed by atoms with Crippen LogP contribution in [0.2, 0.25) is 0 Å². The number of thioether (sulfide) groups is 1. The average molecular weight is 318 g/mol. The Morgan fingerprint density at radius 2 is 2.09 bits per heavy atom. The first-order valence-electron chi connectivity index (χ1n) is 7.35. The number of benzene rings is 1. The third-order valence-electron chi connectivity index (χ3n) is 3.66. The fraction of sp³-hybridized carbons (Fsp3) is 0.412. The van der Waals surface area contributed by atoms with Gasteiger partial charge in [-0.1, -0.05) is 49.0 Å². The molecule has 0 spiro atoms.